The number of amides is 1. The lowest BCUT2D eigenvalue weighted by Crippen LogP contribution is -2.27. The molecular weight excluding hydrogens is 371 g/mol. The number of rotatable bonds is 6. The second-order valence-electron chi connectivity index (χ2n) is 7.93. The number of nitrogens with zero attached hydrogens (tertiary/aromatic N) is 2. The summed E-state index contributed by atoms with van der Waals surface area (Å²) in [6.45, 7) is 8.91. The van der Waals surface area contributed by atoms with Crippen LogP contribution >= 0.6 is 0 Å². The first-order valence-electron chi connectivity index (χ1n) is 9.04. The average molecular weight is 397 g/mol. The first-order chi connectivity index (χ1) is 12.9. The Balaban J connectivity index is 2.06. The van der Waals surface area contributed by atoms with Crippen LogP contribution in [-0.4, -0.2) is 28.5 Å². The van der Waals surface area contributed by atoms with Crippen LogP contribution in [0.5, 0.6) is 5.75 Å². The zero-order valence-electron chi connectivity index (χ0n) is 16.7. The van der Waals surface area contributed by atoms with E-state index in [4.69, 9.17) is 4.74 Å². The Morgan fingerprint density at radius 3 is 2.43 bits per heavy atom. The highest BCUT2D eigenvalue weighted by Crippen LogP contribution is 2.24. The predicted molar refractivity (Wildman–Crippen MR) is 100 cm³/mol. The second-order valence-corrected chi connectivity index (χ2v) is 7.93. The van der Waals surface area contributed by atoms with Crippen molar-refractivity contribution in [1.29, 1.82) is 0 Å². The number of nitrogens with one attached hydrogen (secondary N) is 1. The number of alkyl halides is 3. The number of halogens is 3. The van der Waals surface area contributed by atoms with Gasteiger partial charge in [0.1, 0.15) is 11.4 Å². The maximum atomic E-state index is 12.5. The number of carbonyl (C=O) groups excluding carboxylic acids is 1. The molecule has 1 aromatic carbocycles. The van der Waals surface area contributed by atoms with Crippen molar-refractivity contribution in [1.82, 2.24) is 15.1 Å². The van der Waals surface area contributed by atoms with Gasteiger partial charge in [0.05, 0.1) is 5.54 Å². The predicted octanol–water partition coefficient (Wildman–Crippen LogP) is 4.63. The lowest BCUT2D eigenvalue weighted by molar-refractivity contribution is -0.153. The van der Waals surface area contributed by atoms with E-state index in [1.54, 1.807) is 18.2 Å². The van der Waals surface area contributed by atoms with E-state index < -0.39 is 12.8 Å². The number of aromatic nitrogens is 2. The molecule has 0 spiro atoms. The van der Waals surface area contributed by atoms with Gasteiger partial charge in [0.2, 0.25) is 0 Å². The van der Waals surface area contributed by atoms with Crippen LogP contribution in [0.15, 0.2) is 30.3 Å². The van der Waals surface area contributed by atoms with Gasteiger partial charge < -0.3 is 10.1 Å². The largest absolute Gasteiger partial charge is 0.484 e. The minimum Gasteiger partial charge on any atom is -0.484 e. The van der Waals surface area contributed by atoms with Gasteiger partial charge in [-0.3, -0.25) is 9.48 Å². The van der Waals surface area contributed by atoms with E-state index in [0.29, 0.717) is 11.3 Å². The molecule has 5 nitrogen and oxygen atoms in total. The third-order valence-electron chi connectivity index (χ3n) is 3.95. The van der Waals surface area contributed by atoms with Crippen molar-refractivity contribution in [3.8, 4) is 5.75 Å². The second kappa shape index (κ2) is 8.24. The quantitative estimate of drug-likeness (QED) is 0.773. The third kappa shape index (κ3) is 6.00. The summed E-state index contributed by atoms with van der Waals surface area (Å²) in [7, 11) is 0. The number of hydrogen-bond donors (Lipinski definition) is 1. The Bertz CT molecular complexity index is 821. The maximum Gasteiger partial charge on any atom is 0.422 e. The molecule has 8 heteroatoms. The Morgan fingerprint density at radius 2 is 1.89 bits per heavy atom. The van der Waals surface area contributed by atoms with Crippen LogP contribution in [-0.2, 0) is 12.1 Å². The average Bonchev–Trinajstić information content (AvgIpc) is 3.04. The van der Waals surface area contributed by atoms with Crippen molar-refractivity contribution in [2.24, 2.45) is 0 Å². The van der Waals surface area contributed by atoms with Gasteiger partial charge in [-0.1, -0.05) is 26.0 Å². The highest BCUT2D eigenvalue weighted by atomic mass is 19.4. The van der Waals surface area contributed by atoms with Gasteiger partial charge in [-0.25, -0.2) is 0 Å². The van der Waals surface area contributed by atoms with Crippen LogP contribution in [0.25, 0.3) is 0 Å². The molecule has 0 aliphatic carbocycles. The van der Waals surface area contributed by atoms with Gasteiger partial charge in [0.25, 0.3) is 5.91 Å². The lowest BCUT2D eigenvalue weighted by atomic mass is 10.1. The number of benzene rings is 1. The van der Waals surface area contributed by atoms with Gasteiger partial charge in [0, 0.05) is 12.2 Å². The molecule has 0 aliphatic rings. The molecule has 2 aromatic rings. The zero-order chi connectivity index (χ0) is 21.1. The first-order valence-corrected chi connectivity index (χ1v) is 9.04. The topological polar surface area (TPSA) is 56.1 Å². The highest BCUT2D eigenvalue weighted by molar-refractivity contribution is 5.92. The van der Waals surface area contributed by atoms with Crippen LogP contribution in [0, 0.1) is 0 Å². The van der Waals surface area contributed by atoms with E-state index in [1.807, 2.05) is 39.3 Å². The van der Waals surface area contributed by atoms with E-state index in [2.05, 4.69) is 10.4 Å². The van der Waals surface area contributed by atoms with Gasteiger partial charge in [-0.15, -0.1) is 0 Å². The number of carbonyl (C=O) groups is 1. The third-order valence-corrected chi connectivity index (χ3v) is 3.95. The molecule has 1 aromatic heterocycles. The molecule has 28 heavy (non-hydrogen) atoms. The van der Waals surface area contributed by atoms with Crippen molar-refractivity contribution in [3.63, 3.8) is 0 Å². The van der Waals surface area contributed by atoms with E-state index in [1.165, 1.54) is 12.1 Å². The van der Waals surface area contributed by atoms with E-state index in [0.717, 1.165) is 5.69 Å². The first kappa shape index (κ1) is 21.8. The fourth-order valence-electron chi connectivity index (χ4n) is 2.64. The van der Waals surface area contributed by atoms with Crippen molar-refractivity contribution in [3.05, 3.63) is 47.3 Å². The Labute approximate surface area is 162 Å². The van der Waals surface area contributed by atoms with Crippen LogP contribution in [0.3, 0.4) is 0 Å². The SMILES string of the molecule is CC(C)c1cc(C(=O)NCc2cccc(OCC(F)(F)F)c2)nn1C(C)(C)C. The molecule has 0 bridgehead atoms. The molecule has 0 aliphatic heterocycles. The van der Waals surface area contributed by atoms with Crippen molar-refractivity contribution < 1.29 is 22.7 Å². The normalized spacial score (nSPS) is 12.3. The molecule has 0 radical (unpaired) electrons. The van der Waals surface area contributed by atoms with Crippen molar-refractivity contribution in [2.75, 3.05) is 6.61 Å². The molecule has 1 amide bonds. The monoisotopic (exact) mass is 397 g/mol. The van der Waals surface area contributed by atoms with Gasteiger partial charge in [0.15, 0.2) is 6.61 Å². The zero-order valence-corrected chi connectivity index (χ0v) is 16.7. The van der Waals surface area contributed by atoms with E-state index in [-0.39, 0.29) is 29.7 Å². The van der Waals surface area contributed by atoms with Crippen LogP contribution < -0.4 is 10.1 Å². The Morgan fingerprint density at radius 1 is 1.21 bits per heavy atom. The lowest BCUT2D eigenvalue weighted by Gasteiger charge is -2.23. The van der Waals surface area contributed by atoms with E-state index >= 15 is 0 Å². The fraction of sp³-hybridized carbons (Fsp3) is 0.500. The minimum atomic E-state index is -4.40. The number of ether oxygens (including phenoxy) is 1. The summed E-state index contributed by atoms with van der Waals surface area (Å²) in [5.74, 6) is -0.0366. The van der Waals surface area contributed by atoms with Gasteiger partial charge >= 0.3 is 6.18 Å². The maximum absolute atomic E-state index is 12.5. The van der Waals surface area contributed by atoms with Crippen molar-refractivity contribution in [2.45, 2.75) is 58.8 Å². The number of hydrogen-bond acceptors (Lipinski definition) is 3. The van der Waals surface area contributed by atoms with Crippen molar-refractivity contribution >= 4 is 5.91 Å². The van der Waals surface area contributed by atoms with Gasteiger partial charge in [-0.05, 0) is 50.5 Å². The molecule has 154 valence electrons. The van der Waals surface area contributed by atoms with Crippen LogP contribution in [0.2, 0.25) is 0 Å². The summed E-state index contributed by atoms with van der Waals surface area (Å²) in [6.07, 6.45) is -4.40. The fourth-order valence-corrected chi connectivity index (χ4v) is 2.64. The summed E-state index contributed by atoms with van der Waals surface area (Å²) in [4.78, 5) is 12.5. The summed E-state index contributed by atoms with van der Waals surface area (Å²) < 4.78 is 43.4. The minimum absolute atomic E-state index is 0.100. The molecule has 2 rings (SSSR count). The van der Waals surface area contributed by atoms with Gasteiger partial charge in [-0.2, -0.15) is 18.3 Å². The Kier molecular flexibility index (Phi) is 6.41. The molecule has 0 unspecified atom stereocenters. The molecule has 1 heterocycles. The Hall–Kier alpha value is -2.51. The molecule has 0 fully saturated rings. The highest BCUT2D eigenvalue weighted by Gasteiger charge is 2.28. The summed E-state index contributed by atoms with van der Waals surface area (Å²) in [5.41, 5.74) is 1.64. The molecule has 1 N–H and O–H groups in total. The van der Waals surface area contributed by atoms with Crippen LogP contribution in [0.1, 0.15) is 62.3 Å². The van der Waals surface area contributed by atoms with E-state index in [9.17, 15) is 18.0 Å². The summed E-state index contributed by atoms with van der Waals surface area (Å²) in [5, 5.41) is 7.20. The molecular formula is C20H26F3N3O2. The molecule has 0 atom stereocenters. The molecule has 0 saturated heterocycles. The smallest absolute Gasteiger partial charge is 0.422 e. The summed E-state index contributed by atoms with van der Waals surface area (Å²) in [6, 6.07) is 7.97. The standard InChI is InChI=1S/C20H26F3N3O2/c1-13(2)17-10-16(25-26(17)19(3,4)5)18(27)24-11-14-7-6-8-15(9-14)28-12-20(21,22)23/h6-10,13H,11-12H2,1-5H3,(H,24,27). The van der Waals surface area contributed by atoms with Crippen LogP contribution in [0.4, 0.5) is 13.2 Å². The molecule has 0 saturated carbocycles. The summed E-state index contributed by atoms with van der Waals surface area (Å²) >= 11 is 0.